The number of aryl methyl sites for hydroxylation is 1. The lowest BCUT2D eigenvalue weighted by atomic mass is 10.2. The van der Waals surface area contributed by atoms with E-state index in [1.807, 2.05) is 12.3 Å². The van der Waals surface area contributed by atoms with Crippen molar-refractivity contribution < 1.29 is 14.3 Å². The summed E-state index contributed by atoms with van der Waals surface area (Å²) in [7, 11) is -0.0324. The number of ether oxygens (including phenoxy) is 1. The molecule has 0 bridgehead atoms. The lowest BCUT2D eigenvalue weighted by Gasteiger charge is -2.34. The molecule has 29 heavy (non-hydrogen) atoms. The first-order chi connectivity index (χ1) is 13.9. The molecule has 166 valence electrons. The number of hydrogen-bond donors (Lipinski definition) is 1. The highest BCUT2D eigenvalue weighted by Gasteiger charge is 2.47. The molecule has 1 aromatic rings. The van der Waals surface area contributed by atoms with E-state index in [0.29, 0.717) is 10.6 Å². The highest BCUT2D eigenvalue weighted by molar-refractivity contribution is 7.77. The normalized spacial score (nSPS) is 12.6. The van der Waals surface area contributed by atoms with Crippen molar-refractivity contribution >= 4 is 36.2 Å². The van der Waals surface area contributed by atoms with Gasteiger partial charge in [-0.15, -0.1) is 11.3 Å². The van der Waals surface area contributed by atoms with Crippen molar-refractivity contribution in [1.82, 2.24) is 0 Å². The zero-order chi connectivity index (χ0) is 21.9. The van der Waals surface area contributed by atoms with E-state index in [-0.39, 0.29) is 17.5 Å². The molecular weight excluding hydrogens is 401 g/mol. The molecule has 1 unspecified atom stereocenters. The summed E-state index contributed by atoms with van der Waals surface area (Å²) in [5.41, 5.74) is 1.64. The van der Waals surface area contributed by atoms with Crippen LogP contribution in [0, 0.1) is 6.92 Å². The third-order valence-electron chi connectivity index (χ3n) is 5.82. The standard InChI is InChI=1S/C23H40NO3PS/c1-7-11-14-28(15-12-8-2,16-13-9-3)19(10-4)22(25)24-20-18(5)17-29-21(20)23(26)27-6/h17,19H,7-16H2,1-6H3/p+1. The van der Waals surface area contributed by atoms with Crippen molar-refractivity contribution in [2.45, 2.75) is 85.2 Å². The van der Waals surface area contributed by atoms with E-state index in [4.69, 9.17) is 4.74 Å². The summed E-state index contributed by atoms with van der Waals surface area (Å²) < 4.78 is 4.91. The van der Waals surface area contributed by atoms with Crippen molar-refractivity contribution in [1.29, 1.82) is 0 Å². The molecule has 0 radical (unpaired) electrons. The van der Waals surface area contributed by atoms with Gasteiger partial charge in [0.25, 0.3) is 5.91 Å². The fraction of sp³-hybridized carbons (Fsp3) is 0.739. The molecule has 0 aliphatic heterocycles. The van der Waals surface area contributed by atoms with Crippen LogP contribution in [0.1, 0.15) is 87.9 Å². The summed E-state index contributed by atoms with van der Waals surface area (Å²) in [5, 5.41) is 5.07. The minimum absolute atomic E-state index is 0.0666. The fourth-order valence-corrected chi connectivity index (χ4v) is 10.8. The Hall–Kier alpha value is -0.930. The van der Waals surface area contributed by atoms with Gasteiger partial charge in [-0.1, -0.05) is 47.0 Å². The van der Waals surface area contributed by atoms with Crippen molar-refractivity contribution in [2.75, 3.05) is 30.9 Å². The molecule has 6 heteroatoms. The van der Waals surface area contributed by atoms with Gasteiger partial charge >= 0.3 is 5.97 Å². The minimum atomic E-state index is -1.42. The van der Waals surface area contributed by atoms with Gasteiger partial charge in [0.2, 0.25) is 0 Å². The summed E-state index contributed by atoms with van der Waals surface area (Å²) >= 11 is 1.34. The van der Waals surface area contributed by atoms with Gasteiger partial charge in [-0.25, -0.2) is 4.79 Å². The van der Waals surface area contributed by atoms with Gasteiger partial charge < -0.3 is 10.1 Å². The highest BCUT2D eigenvalue weighted by atomic mass is 32.1. The molecule has 0 saturated carbocycles. The van der Waals surface area contributed by atoms with Crippen LogP contribution in [0.2, 0.25) is 0 Å². The van der Waals surface area contributed by atoms with Crippen molar-refractivity contribution in [3.8, 4) is 0 Å². The second-order valence-corrected chi connectivity index (χ2v) is 13.3. The lowest BCUT2D eigenvalue weighted by Crippen LogP contribution is -2.34. The Balaban J connectivity index is 3.22. The van der Waals surface area contributed by atoms with E-state index in [1.165, 1.54) is 75.5 Å². The molecule has 1 heterocycles. The smallest absolute Gasteiger partial charge is 0.350 e. The molecule has 4 nitrogen and oxygen atoms in total. The van der Waals surface area contributed by atoms with Crippen molar-refractivity contribution in [3.05, 3.63) is 15.8 Å². The van der Waals surface area contributed by atoms with E-state index >= 15 is 0 Å². The molecular formula is C23H41NO3PS+. The number of anilines is 1. The van der Waals surface area contributed by atoms with Crippen LogP contribution in [0.5, 0.6) is 0 Å². The molecule has 0 aromatic carbocycles. The molecule has 0 spiro atoms. The zero-order valence-corrected chi connectivity index (χ0v) is 21.0. The summed E-state index contributed by atoms with van der Waals surface area (Å²) in [5.74, 6) is -0.272. The largest absolute Gasteiger partial charge is 0.465 e. The predicted octanol–water partition coefficient (Wildman–Crippen LogP) is 6.98. The number of carbonyl (C=O) groups excluding carboxylic acids is 2. The zero-order valence-electron chi connectivity index (χ0n) is 19.3. The van der Waals surface area contributed by atoms with Gasteiger partial charge in [0.15, 0.2) is 0 Å². The Morgan fingerprint density at radius 1 is 1.03 bits per heavy atom. The summed E-state index contributed by atoms with van der Waals surface area (Å²) in [6.45, 7) is 10.8. The first-order valence-corrected chi connectivity index (χ1v) is 14.5. The molecule has 0 fully saturated rings. The van der Waals surface area contributed by atoms with Gasteiger partial charge in [0.05, 0.1) is 31.3 Å². The van der Waals surface area contributed by atoms with Crippen LogP contribution in [0.15, 0.2) is 5.38 Å². The van der Waals surface area contributed by atoms with Crippen LogP contribution in [0.4, 0.5) is 5.69 Å². The van der Waals surface area contributed by atoms with E-state index in [2.05, 4.69) is 33.0 Å². The Bertz CT molecular complexity index is 622. The molecule has 1 N–H and O–H groups in total. The lowest BCUT2D eigenvalue weighted by molar-refractivity contribution is -0.115. The number of unbranched alkanes of at least 4 members (excludes halogenated alkanes) is 3. The Morgan fingerprint density at radius 2 is 1.55 bits per heavy atom. The second-order valence-electron chi connectivity index (χ2n) is 7.98. The maximum atomic E-state index is 13.6. The highest BCUT2D eigenvalue weighted by Crippen LogP contribution is 2.65. The molecule has 1 rings (SSSR count). The number of esters is 1. The molecule has 0 aliphatic carbocycles. The molecule has 0 saturated heterocycles. The number of rotatable bonds is 14. The maximum absolute atomic E-state index is 13.6. The number of hydrogen-bond acceptors (Lipinski definition) is 4. The van der Waals surface area contributed by atoms with Crippen LogP contribution in [0.3, 0.4) is 0 Å². The molecule has 0 aliphatic rings. The third kappa shape index (κ3) is 7.07. The summed E-state index contributed by atoms with van der Waals surface area (Å²) in [6.07, 6.45) is 11.6. The summed E-state index contributed by atoms with van der Waals surface area (Å²) in [4.78, 5) is 26.2. The number of carbonyl (C=O) groups is 2. The van der Waals surface area contributed by atoms with Gasteiger partial charge in [0, 0.05) is 7.26 Å². The maximum Gasteiger partial charge on any atom is 0.350 e. The minimum Gasteiger partial charge on any atom is -0.465 e. The SMILES string of the molecule is CCCC[P+](CCCC)(CCCC)C(CC)C(=O)Nc1c(C)csc1C(=O)OC. The first-order valence-electron chi connectivity index (χ1n) is 11.2. The number of nitrogens with one attached hydrogen (secondary N) is 1. The van der Waals surface area contributed by atoms with Crippen molar-refractivity contribution in [2.24, 2.45) is 0 Å². The Labute approximate surface area is 182 Å². The van der Waals surface area contributed by atoms with Gasteiger partial charge in [-0.2, -0.15) is 0 Å². The third-order valence-corrected chi connectivity index (χ3v) is 12.4. The van der Waals surface area contributed by atoms with Crippen molar-refractivity contribution in [3.63, 3.8) is 0 Å². The molecule has 1 atom stereocenters. The Kier molecular flexibility index (Phi) is 12.1. The average Bonchev–Trinajstić information content (AvgIpc) is 3.08. The van der Waals surface area contributed by atoms with E-state index in [9.17, 15) is 9.59 Å². The van der Waals surface area contributed by atoms with E-state index in [1.54, 1.807) is 0 Å². The average molecular weight is 443 g/mol. The quantitative estimate of drug-likeness (QED) is 0.250. The van der Waals surface area contributed by atoms with Crippen LogP contribution in [-0.4, -0.2) is 43.1 Å². The number of amides is 1. The van der Waals surface area contributed by atoms with Crippen LogP contribution < -0.4 is 5.32 Å². The Morgan fingerprint density at radius 3 is 1.97 bits per heavy atom. The fourth-order valence-electron chi connectivity index (χ4n) is 4.09. The summed E-state index contributed by atoms with van der Waals surface area (Å²) in [6, 6.07) is 0. The first kappa shape index (κ1) is 26.1. The topological polar surface area (TPSA) is 55.4 Å². The van der Waals surface area contributed by atoms with Gasteiger partial charge in [-0.3, -0.25) is 4.79 Å². The predicted molar refractivity (Wildman–Crippen MR) is 129 cm³/mol. The molecule has 1 amide bonds. The number of methoxy groups -OCH3 is 1. The monoisotopic (exact) mass is 442 g/mol. The van der Waals surface area contributed by atoms with E-state index < -0.39 is 7.26 Å². The van der Waals surface area contributed by atoms with Gasteiger partial charge in [-0.05, 0) is 43.6 Å². The van der Waals surface area contributed by atoms with E-state index in [0.717, 1.165) is 12.0 Å². The number of thiophene rings is 1. The second kappa shape index (κ2) is 13.4. The molecule has 1 aromatic heterocycles. The van der Waals surface area contributed by atoms with Gasteiger partial charge in [0.1, 0.15) is 10.5 Å². The van der Waals surface area contributed by atoms with Crippen LogP contribution in [-0.2, 0) is 9.53 Å². The van der Waals surface area contributed by atoms with Crippen LogP contribution in [0.25, 0.3) is 0 Å². The van der Waals surface area contributed by atoms with Crippen LogP contribution >= 0.6 is 18.6 Å².